The summed E-state index contributed by atoms with van der Waals surface area (Å²) in [5.41, 5.74) is 0.157. The van der Waals surface area contributed by atoms with Crippen LogP contribution in [0.25, 0.3) is 0 Å². The fourth-order valence-electron chi connectivity index (χ4n) is 0.845. The Hall–Kier alpha value is -0.830. The van der Waals surface area contributed by atoms with Gasteiger partial charge in [-0.25, -0.2) is 8.78 Å². The standard InChI is InChI=1S/C8H7ClF2O.C2H6/c1-4-2-6(9)5(8(10)11)3-7(4)12;1-2/h2-3,8,12H,1H3;1-2H3. The van der Waals surface area contributed by atoms with Gasteiger partial charge < -0.3 is 5.11 Å². The molecular weight excluding hydrogens is 210 g/mol. The van der Waals surface area contributed by atoms with Gasteiger partial charge in [-0.15, -0.1) is 0 Å². The number of hydrogen-bond donors (Lipinski definition) is 1. The lowest BCUT2D eigenvalue weighted by molar-refractivity contribution is 0.151. The Balaban J connectivity index is 0.000000791. The quantitative estimate of drug-likeness (QED) is 0.750. The Bertz CT molecular complexity index is 300. The molecule has 0 heterocycles. The van der Waals surface area contributed by atoms with E-state index in [2.05, 4.69) is 0 Å². The second-order valence-corrected chi connectivity index (χ2v) is 2.87. The largest absolute Gasteiger partial charge is 0.508 e. The molecule has 80 valence electrons. The summed E-state index contributed by atoms with van der Waals surface area (Å²) >= 11 is 5.51. The molecule has 1 rings (SSSR count). The summed E-state index contributed by atoms with van der Waals surface area (Å²) in [6, 6.07) is 2.31. The second-order valence-electron chi connectivity index (χ2n) is 2.46. The van der Waals surface area contributed by atoms with Crippen molar-refractivity contribution in [2.24, 2.45) is 0 Å². The van der Waals surface area contributed by atoms with E-state index in [0.29, 0.717) is 5.56 Å². The van der Waals surface area contributed by atoms with E-state index in [0.717, 1.165) is 6.07 Å². The van der Waals surface area contributed by atoms with Gasteiger partial charge in [0.25, 0.3) is 6.43 Å². The number of rotatable bonds is 1. The minimum atomic E-state index is -2.65. The van der Waals surface area contributed by atoms with Gasteiger partial charge >= 0.3 is 0 Å². The highest BCUT2D eigenvalue weighted by Gasteiger charge is 2.13. The van der Waals surface area contributed by atoms with Gasteiger partial charge in [0.05, 0.1) is 0 Å². The van der Waals surface area contributed by atoms with Crippen LogP contribution in [0.15, 0.2) is 12.1 Å². The van der Waals surface area contributed by atoms with Gasteiger partial charge in [0.1, 0.15) is 5.75 Å². The topological polar surface area (TPSA) is 20.2 Å². The van der Waals surface area contributed by atoms with Crippen LogP contribution < -0.4 is 0 Å². The van der Waals surface area contributed by atoms with Gasteiger partial charge in [-0.3, -0.25) is 0 Å². The van der Waals surface area contributed by atoms with Crippen molar-refractivity contribution in [2.45, 2.75) is 27.2 Å². The maximum atomic E-state index is 12.1. The second kappa shape index (κ2) is 5.81. The molecule has 0 atom stereocenters. The molecule has 1 nitrogen and oxygen atoms in total. The van der Waals surface area contributed by atoms with Crippen molar-refractivity contribution < 1.29 is 13.9 Å². The Morgan fingerprint density at radius 1 is 1.29 bits per heavy atom. The summed E-state index contributed by atoms with van der Waals surface area (Å²) < 4.78 is 24.3. The molecule has 1 aromatic carbocycles. The third-order valence-electron chi connectivity index (χ3n) is 1.55. The third-order valence-corrected chi connectivity index (χ3v) is 1.88. The molecule has 1 N–H and O–H groups in total. The minimum absolute atomic E-state index is 0.0136. The molecule has 4 heteroatoms. The highest BCUT2D eigenvalue weighted by Crippen LogP contribution is 2.32. The van der Waals surface area contributed by atoms with E-state index in [9.17, 15) is 8.78 Å². The Kier molecular flexibility index (Phi) is 5.46. The van der Waals surface area contributed by atoms with Gasteiger partial charge in [0, 0.05) is 10.6 Å². The Morgan fingerprint density at radius 3 is 2.21 bits per heavy atom. The molecule has 0 saturated carbocycles. The number of aryl methyl sites for hydroxylation is 1. The number of hydrogen-bond acceptors (Lipinski definition) is 1. The molecule has 0 saturated heterocycles. The van der Waals surface area contributed by atoms with E-state index >= 15 is 0 Å². The van der Waals surface area contributed by atoms with Crippen molar-refractivity contribution in [3.63, 3.8) is 0 Å². The van der Waals surface area contributed by atoms with Crippen molar-refractivity contribution in [2.75, 3.05) is 0 Å². The van der Waals surface area contributed by atoms with E-state index in [1.165, 1.54) is 6.07 Å². The SMILES string of the molecule is CC.Cc1cc(Cl)c(C(F)F)cc1O. The van der Waals surface area contributed by atoms with Gasteiger partial charge in [-0.05, 0) is 24.6 Å². The molecule has 0 aromatic heterocycles. The average molecular weight is 223 g/mol. The van der Waals surface area contributed by atoms with Crippen LogP contribution in [0.5, 0.6) is 5.75 Å². The number of phenolic OH excluding ortho intramolecular Hbond substituents is 1. The fraction of sp³-hybridized carbons (Fsp3) is 0.400. The lowest BCUT2D eigenvalue weighted by atomic mass is 10.1. The molecule has 1 aromatic rings. The fourth-order valence-corrected chi connectivity index (χ4v) is 1.15. The maximum absolute atomic E-state index is 12.1. The van der Waals surface area contributed by atoms with E-state index < -0.39 is 6.43 Å². The molecular formula is C10H13ClF2O. The molecule has 0 amide bonds. The van der Waals surface area contributed by atoms with E-state index in [4.69, 9.17) is 16.7 Å². The average Bonchev–Trinajstić information content (AvgIpc) is 2.14. The predicted molar refractivity (Wildman–Crippen MR) is 54.2 cm³/mol. The zero-order valence-electron chi connectivity index (χ0n) is 8.31. The summed E-state index contributed by atoms with van der Waals surface area (Å²) in [7, 11) is 0. The van der Waals surface area contributed by atoms with Crippen LogP contribution in [0.2, 0.25) is 5.02 Å². The number of phenols is 1. The third kappa shape index (κ3) is 3.14. The maximum Gasteiger partial charge on any atom is 0.265 e. The lowest BCUT2D eigenvalue weighted by Crippen LogP contribution is -1.87. The number of aromatic hydroxyl groups is 1. The van der Waals surface area contributed by atoms with Crippen LogP contribution in [0.4, 0.5) is 8.78 Å². The summed E-state index contributed by atoms with van der Waals surface area (Å²) in [6.07, 6.45) is -2.65. The van der Waals surface area contributed by atoms with Crippen molar-refractivity contribution >= 4 is 11.6 Å². The van der Waals surface area contributed by atoms with Crippen molar-refractivity contribution in [3.05, 3.63) is 28.3 Å². The summed E-state index contributed by atoms with van der Waals surface area (Å²) in [5, 5.41) is 9.07. The molecule has 0 fully saturated rings. The molecule has 14 heavy (non-hydrogen) atoms. The Morgan fingerprint density at radius 2 is 1.79 bits per heavy atom. The monoisotopic (exact) mass is 222 g/mol. The number of benzene rings is 1. The van der Waals surface area contributed by atoms with Crippen LogP contribution in [-0.2, 0) is 0 Å². The van der Waals surface area contributed by atoms with Gasteiger partial charge in [0.15, 0.2) is 0 Å². The number of alkyl halides is 2. The van der Waals surface area contributed by atoms with Gasteiger partial charge in [-0.1, -0.05) is 25.4 Å². The summed E-state index contributed by atoms with van der Waals surface area (Å²) in [5.74, 6) is -0.158. The van der Waals surface area contributed by atoms with Crippen LogP contribution in [0, 0.1) is 6.92 Å². The highest BCUT2D eigenvalue weighted by atomic mass is 35.5. The van der Waals surface area contributed by atoms with Crippen molar-refractivity contribution in [3.8, 4) is 5.75 Å². The number of halogens is 3. The van der Waals surface area contributed by atoms with Crippen LogP contribution in [0.1, 0.15) is 31.4 Å². The first-order valence-corrected chi connectivity index (χ1v) is 4.67. The molecule has 0 aliphatic rings. The summed E-state index contributed by atoms with van der Waals surface area (Å²) in [4.78, 5) is 0. The van der Waals surface area contributed by atoms with Crippen LogP contribution in [-0.4, -0.2) is 5.11 Å². The first-order chi connectivity index (χ1) is 6.52. The first kappa shape index (κ1) is 13.2. The van der Waals surface area contributed by atoms with Crippen molar-refractivity contribution in [1.82, 2.24) is 0 Å². The highest BCUT2D eigenvalue weighted by molar-refractivity contribution is 6.31. The molecule has 0 bridgehead atoms. The zero-order valence-corrected chi connectivity index (χ0v) is 9.07. The van der Waals surface area contributed by atoms with E-state index in [-0.39, 0.29) is 16.3 Å². The predicted octanol–water partition coefficient (Wildman–Crippen LogP) is 4.32. The molecule has 0 unspecified atom stereocenters. The van der Waals surface area contributed by atoms with E-state index in [1.54, 1.807) is 6.92 Å². The van der Waals surface area contributed by atoms with Crippen LogP contribution >= 0.6 is 11.6 Å². The van der Waals surface area contributed by atoms with Gasteiger partial charge in [-0.2, -0.15) is 0 Å². The molecule has 0 spiro atoms. The first-order valence-electron chi connectivity index (χ1n) is 4.29. The smallest absolute Gasteiger partial charge is 0.265 e. The van der Waals surface area contributed by atoms with Crippen molar-refractivity contribution in [1.29, 1.82) is 0 Å². The lowest BCUT2D eigenvalue weighted by Gasteiger charge is -2.05. The summed E-state index contributed by atoms with van der Waals surface area (Å²) in [6.45, 7) is 5.59. The zero-order chi connectivity index (χ0) is 11.3. The van der Waals surface area contributed by atoms with E-state index in [1.807, 2.05) is 13.8 Å². The molecule has 0 aliphatic carbocycles. The normalized spacial score (nSPS) is 9.64. The molecule has 0 aliphatic heterocycles. The minimum Gasteiger partial charge on any atom is -0.508 e. The molecule has 0 radical (unpaired) electrons. The van der Waals surface area contributed by atoms with Crippen LogP contribution in [0.3, 0.4) is 0 Å². The van der Waals surface area contributed by atoms with Gasteiger partial charge in [0.2, 0.25) is 0 Å². The Labute approximate surface area is 87.3 Å².